The number of hydrogen-bond donors (Lipinski definition) is 2. The van der Waals surface area contributed by atoms with Gasteiger partial charge in [0.1, 0.15) is 11.2 Å². The van der Waals surface area contributed by atoms with Crippen LogP contribution in [-0.2, 0) is 9.53 Å². The van der Waals surface area contributed by atoms with Crippen LogP contribution in [0.3, 0.4) is 0 Å². The molecule has 3 heterocycles. The van der Waals surface area contributed by atoms with Gasteiger partial charge in [0.15, 0.2) is 0 Å². The van der Waals surface area contributed by atoms with Crippen molar-refractivity contribution in [2.24, 2.45) is 5.73 Å². The quantitative estimate of drug-likeness (QED) is 0.761. The third kappa shape index (κ3) is 3.09. The molecule has 1 fully saturated rings. The number of nitrogens with two attached hydrogens (primary N) is 1. The number of aryl methyl sites for hydroxylation is 1. The summed E-state index contributed by atoms with van der Waals surface area (Å²) in [6.07, 6.45) is 5.07. The highest BCUT2D eigenvalue weighted by atomic mass is 16.5. The van der Waals surface area contributed by atoms with Gasteiger partial charge < -0.3 is 20.2 Å². The monoisotopic (exact) mass is 350 g/mol. The summed E-state index contributed by atoms with van der Waals surface area (Å²) in [4.78, 5) is 17.2. The van der Waals surface area contributed by atoms with E-state index in [0.29, 0.717) is 26.1 Å². The number of fused-ring (bicyclic) bond motifs is 1. The van der Waals surface area contributed by atoms with Gasteiger partial charge in [-0.25, -0.2) is 4.98 Å². The van der Waals surface area contributed by atoms with Gasteiger partial charge >= 0.3 is 0 Å². The van der Waals surface area contributed by atoms with Crippen molar-refractivity contribution in [2.75, 3.05) is 18.5 Å². The fourth-order valence-corrected chi connectivity index (χ4v) is 3.24. The number of nitrogens with one attached hydrogen (secondary N) is 1. The molecule has 1 aliphatic heterocycles. The molecular formula is C20H22N4O2. The molecule has 3 N–H and O–H groups in total. The molecule has 0 saturated carbocycles. The average Bonchev–Trinajstić information content (AvgIpc) is 3.09. The van der Waals surface area contributed by atoms with E-state index < -0.39 is 5.54 Å². The molecule has 6 heteroatoms. The molecule has 0 bridgehead atoms. The van der Waals surface area contributed by atoms with Crippen LogP contribution in [0.15, 0.2) is 48.8 Å². The second-order valence-corrected chi connectivity index (χ2v) is 6.85. The molecule has 6 nitrogen and oxygen atoms in total. The van der Waals surface area contributed by atoms with E-state index in [4.69, 9.17) is 15.5 Å². The fraction of sp³-hybridized carbons (Fsp3) is 0.300. The third-order valence-corrected chi connectivity index (χ3v) is 4.95. The molecule has 134 valence electrons. The first-order chi connectivity index (χ1) is 12.5. The number of pyridine rings is 1. The Kier molecular flexibility index (Phi) is 4.22. The Balaban J connectivity index is 1.52. The van der Waals surface area contributed by atoms with E-state index in [2.05, 4.69) is 5.32 Å². The molecule has 0 radical (unpaired) electrons. The van der Waals surface area contributed by atoms with Gasteiger partial charge in [0.05, 0.1) is 5.69 Å². The summed E-state index contributed by atoms with van der Waals surface area (Å²) in [5.41, 5.74) is 10.1. The number of benzene rings is 1. The van der Waals surface area contributed by atoms with Crippen LogP contribution in [0.2, 0.25) is 0 Å². The number of nitrogens with zero attached hydrogens (tertiary/aromatic N) is 2. The van der Waals surface area contributed by atoms with Crippen molar-refractivity contribution in [3.05, 3.63) is 54.4 Å². The fourth-order valence-electron chi connectivity index (χ4n) is 3.24. The lowest BCUT2D eigenvalue weighted by molar-refractivity contribution is -0.124. The summed E-state index contributed by atoms with van der Waals surface area (Å²) in [5, 5.41) is 2.92. The standard InChI is InChI=1S/C20H22N4O2/c1-14-3-2-10-24-13-17(23-18(14)24)15-4-6-16(7-5-15)22-19(25)20(21)8-11-26-12-9-20/h2-7,10,13H,8-9,11-12,21H2,1H3,(H,22,25). The van der Waals surface area contributed by atoms with Crippen LogP contribution in [0.5, 0.6) is 0 Å². The highest BCUT2D eigenvalue weighted by Crippen LogP contribution is 2.24. The normalized spacial score (nSPS) is 16.5. The van der Waals surface area contributed by atoms with Gasteiger partial charge in [0.2, 0.25) is 5.91 Å². The largest absolute Gasteiger partial charge is 0.381 e. The van der Waals surface area contributed by atoms with Gasteiger partial charge in [-0.15, -0.1) is 0 Å². The molecule has 0 aliphatic carbocycles. The van der Waals surface area contributed by atoms with Gasteiger partial charge in [-0.3, -0.25) is 4.79 Å². The first-order valence-corrected chi connectivity index (χ1v) is 8.78. The summed E-state index contributed by atoms with van der Waals surface area (Å²) in [5.74, 6) is -0.156. The van der Waals surface area contributed by atoms with Crippen molar-refractivity contribution < 1.29 is 9.53 Å². The van der Waals surface area contributed by atoms with E-state index >= 15 is 0 Å². The summed E-state index contributed by atoms with van der Waals surface area (Å²) in [6, 6.07) is 11.7. The summed E-state index contributed by atoms with van der Waals surface area (Å²) < 4.78 is 7.31. The molecule has 1 saturated heterocycles. The topological polar surface area (TPSA) is 81.7 Å². The molecule has 26 heavy (non-hydrogen) atoms. The Bertz CT molecular complexity index is 940. The highest BCUT2D eigenvalue weighted by Gasteiger charge is 2.35. The van der Waals surface area contributed by atoms with Crippen molar-refractivity contribution in [1.82, 2.24) is 9.38 Å². The number of rotatable bonds is 3. The predicted molar refractivity (Wildman–Crippen MR) is 101 cm³/mol. The third-order valence-electron chi connectivity index (χ3n) is 4.95. The van der Waals surface area contributed by atoms with Crippen LogP contribution >= 0.6 is 0 Å². The molecule has 1 amide bonds. The first-order valence-electron chi connectivity index (χ1n) is 8.78. The van der Waals surface area contributed by atoms with E-state index in [1.165, 1.54) is 0 Å². The molecule has 4 rings (SSSR count). The van der Waals surface area contributed by atoms with Crippen molar-refractivity contribution in [3.8, 4) is 11.3 Å². The van der Waals surface area contributed by atoms with Gasteiger partial charge in [0.25, 0.3) is 0 Å². The van der Waals surface area contributed by atoms with Gasteiger partial charge in [-0.2, -0.15) is 0 Å². The lowest BCUT2D eigenvalue weighted by atomic mass is 9.90. The molecular weight excluding hydrogens is 328 g/mol. The summed E-state index contributed by atoms with van der Waals surface area (Å²) in [7, 11) is 0. The number of ether oxygens (including phenoxy) is 1. The smallest absolute Gasteiger partial charge is 0.244 e. The van der Waals surface area contributed by atoms with Gasteiger partial charge in [-0.05, 0) is 43.5 Å². The van der Waals surface area contributed by atoms with E-state index in [9.17, 15) is 4.79 Å². The van der Waals surface area contributed by atoms with E-state index in [0.717, 1.165) is 28.2 Å². The van der Waals surface area contributed by atoms with Crippen LogP contribution in [0.1, 0.15) is 18.4 Å². The average molecular weight is 350 g/mol. The molecule has 3 aromatic rings. The molecule has 1 aliphatic rings. The van der Waals surface area contributed by atoms with E-state index in [1.807, 2.05) is 60.1 Å². The number of carbonyl (C=O) groups is 1. The van der Waals surface area contributed by atoms with Gasteiger partial charge in [-0.1, -0.05) is 18.2 Å². The number of amides is 1. The lowest BCUT2D eigenvalue weighted by Gasteiger charge is -2.31. The number of hydrogen-bond acceptors (Lipinski definition) is 4. The molecule has 0 atom stereocenters. The number of anilines is 1. The maximum atomic E-state index is 12.5. The Morgan fingerprint density at radius 3 is 2.65 bits per heavy atom. The Hall–Kier alpha value is -2.70. The lowest BCUT2D eigenvalue weighted by Crippen LogP contribution is -2.54. The zero-order chi connectivity index (χ0) is 18.1. The number of aromatic nitrogens is 2. The Morgan fingerprint density at radius 2 is 1.96 bits per heavy atom. The molecule has 0 unspecified atom stereocenters. The second-order valence-electron chi connectivity index (χ2n) is 6.85. The zero-order valence-corrected chi connectivity index (χ0v) is 14.7. The summed E-state index contributed by atoms with van der Waals surface area (Å²) in [6.45, 7) is 3.09. The molecule has 2 aromatic heterocycles. The molecule has 1 aromatic carbocycles. The predicted octanol–water partition coefficient (Wildman–Crippen LogP) is 2.76. The maximum absolute atomic E-state index is 12.5. The number of imidazole rings is 1. The van der Waals surface area contributed by atoms with Crippen molar-refractivity contribution in [3.63, 3.8) is 0 Å². The first kappa shape index (κ1) is 16.8. The minimum absolute atomic E-state index is 0.156. The van der Waals surface area contributed by atoms with Crippen LogP contribution in [0.25, 0.3) is 16.9 Å². The Morgan fingerprint density at radius 1 is 1.23 bits per heavy atom. The highest BCUT2D eigenvalue weighted by molar-refractivity contribution is 5.98. The van der Waals surface area contributed by atoms with Crippen molar-refractivity contribution in [2.45, 2.75) is 25.3 Å². The summed E-state index contributed by atoms with van der Waals surface area (Å²) >= 11 is 0. The van der Waals surface area contributed by atoms with Crippen molar-refractivity contribution in [1.29, 1.82) is 0 Å². The number of carbonyl (C=O) groups excluding carboxylic acids is 1. The minimum Gasteiger partial charge on any atom is -0.381 e. The SMILES string of the molecule is Cc1cccn2cc(-c3ccc(NC(=O)C4(N)CCOCC4)cc3)nc12. The van der Waals surface area contributed by atoms with Crippen LogP contribution in [0, 0.1) is 6.92 Å². The van der Waals surface area contributed by atoms with E-state index in [1.54, 1.807) is 0 Å². The van der Waals surface area contributed by atoms with Crippen LogP contribution in [0.4, 0.5) is 5.69 Å². The maximum Gasteiger partial charge on any atom is 0.244 e. The minimum atomic E-state index is -0.851. The van der Waals surface area contributed by atoms with Crippen LogP contribution in [-0.4, -0.2) is 34.0 Å². The van der Waals surface area contributed by atoms with E-state index in [-0.39, 0.29) is 5.91 Å². The second kappa shape index (κ2) is 6.55. The van der Waals surface area contributed by atoms with Crippen molar-refractivity contribution >= 4 is 17.2 Å². The zero-order valence-electron chi connectivity index (χ0n) is 14.7. The van der Waals surface area contributed by atoms with Gasteiger partial charge in [0, 0.05) is 36.9 Å². The molecule has 0 spiro atoms. The Labute approximate surface area is 152 Å². The van der Waals surface area contributed by atoms with Crippen LogP contribution < -0.4 is 11.1 Å².